The second-order valence-corrected chi connectivity index (χ2v) is 31.7. The Morgan fingerprint density at radius 3 is 0.596 bits per heavy atom. The lowest BCUT2D eigenvalue weighted by Crippen LogP contribution is -2.30. The molecule has 5 atom stereocenters. The summed E-state index contributed by atoms with van der Waals surface area (Å²) in [5.74, 6) is -2.11. The highest BCUT2D eigenvalue weighted by atomic mass is 31.2. The van der Waals surface area contributed by atoms with E-state index in [9.17, 15) is 43.2 Å². The quantitative estimate of drug-likeness (QED) is 0.0222. The fourth-order valence-corrected chi connectivity index (χ4v) is 14.0. The van der Waals surface area contributed by atoms with Crippen molar-refractivity contribution >= 4 is 39.5 Å². The molecule has 0 aromatic rings. The van der Waals surface area contributed by atoms with Gasteiger partial charge in [0.05, 0.1) is 26.4 Å². The van der Waals surface area contributed by atoms with Gasteiger partial charge in [-0.15, -0.1) is 0 Å². The highest BCUT2D eigenvalue weighted by Crippen LogP contribution is 2.45. The van der Waals surface area contributed by atoms with E-state index in [1.54, 1.807) is 0 Å². The Kier molecular flexibility index (Phi) is 72.9. The maximum Gasteiger partial charge on any atom is 0.472 e. The molecule has 0 rings (SSSR count). The van der Waals surface area contributed by atoms with Gasteiger partial charge in [0.1, 0.15) is 19.3 Å². The predicted octanol–water partition coefficient (Wildman–Crippen LogP) is 24.2. The van der Waals surface area contributed by atoms with Gasteiger partial charge in [0.2, 0.25) is 0 Å². The van der Waals surface area contributed by atoms with Crippen LogP contribution in [0.15, 0.2) is 0 Å². The monoisotopic (exact) mass is 1450 g/mol. The number of aliphatic hydroxyl groups is 1. The van der Waals surface area contributed by atoms with Gasteiger partial charge >= 0.3 is 39.5 Å². The number of phosphoric acid groups is 2. The van der Waals surface area contributed by atoms with E-state index in [1.165, 1.54) is 263 Å². The summed E-state index contributed by atoms with van der Waals surface area (Å²) in [4.78, 5) is 72.8. The minimum Gasteiger partial charge on any atom is -0.462 e. The van der Waals surface area contributed by atoms with Crippen LogP contribution in [0.2, 0.25) is 0 Å². The molecule has 0 fully saturated rings. The van der Waals surface area contributed by atoms with Gasteiger partial charge in [0, 0.05) is 25.7 Å². The summed E-state index contributed by atoms with van der Waals surface area (Å²) in [6.07, 6.45) is 66.8. The van der Waals surface area contributed by atoms with Crippen molar-refractivity contribution < 1.29 is 80.2 Å². The molecule has 0 aromatic heterocycles. The van der Waals surface area contributed by atoms with E-state index in [0.29, 0.717) is 25.7 Å². The molecule has 2 unspecified atom stereocenters. The molecule has 0 spiro atoms. The molecule has 0 saturated carbocycles. The Morgan fingerprint density at radius 1 is 0.242 bits per heavy atom. The second-order valence-electron chi connectivity index (χ2n) is 28.8. The summed E-state index contributed by atoms with van der Waals surface area (Å²) in [5, 5.41) is 10.6. The van der Waals surface area contributed by atoms with Crippen molar-refractivity contribution in [2.75, 3.05) is 39.6 Å². The molecular formula is C80H156O17P2. The fourth-order valence-electron chi connectivity index (χ4n) is 12.5. The average molecular weight is 1450 g/mol. The number of hydrogen-bond acceptors (Lipinski definition) is 15. The number of phosphoric ester groups is 2. The lowest BCUT2D eigenvalue weighted by molar-refractivity contribution is -0.161. The van der Waals surface area contributed by atoms with Crippen LogP contribution in [-0.4, -0.2) is 96.7 Å². The number of carbonyl (C=O) groups is 4. The van der Waals surface area contributed by atoms with E-state index in [2.05, 4.69) is 27.7 Å². The van der Waals surface area contributed by atoms with Crippen LogP contribution < -0.4 is 0 Å². The van der Waals surface area contributed by atoms with E-state index >= 15 is 0 Å². The minimum atomic E-state index is -4.96. The maximum atomic E-state index is 13.1. The third-order valence-corrected chi connectivity index (χ3v) is 20.8. The Hall–Kier alpha value is -1.94. The normalized spacial score (nSPS) is 13.8. The fraction of sp³-hybridized carbons (Fsp3) is 0.950. The number of hydrogen-bond donors (Lipinski definition) is 3. The SMILES string of the molecule is CCCCCCCCCCCCCCCCCCCCCCCCC(=O)O[C@H](COC(=O)CCCCCCCCCCCCCCCCCCC)COP(=O)(O)OC[C@@H](O)COP(=O)(O)OC[C@@H](COC(=O)CCCCCCCCCC)OC(=O)CCCCCCCCCCCCCC. The smallest absolute Gasteiger partial charge is 0.462 e. The molecule has 19 heteroatoms. The molecule has 0 aliphatic heterocycles. The first-order valence-electron chi connectivity index (χ1n) is 41.8. The summed E-state index contributed by atoms with van der Waals surface area (Å²) >= 11 is 0. The second kappa shape index (κ2) is 74.3. The number of carbonyl (C=O) groups excluding carboxylic acids is 4. The Morgan fingerprint density at radius 2 is 0.404 bits per heavy atom. The van der Waals surface area contributed by atoms with E-state index in [4.69, 9.17) is 37.0 Å². The zero-order valence-electron chi connectivity index (χ0n) is 64.5. The molecule has 0 heterocycles. The molecule has 0 amide bonds. The van der Waals surface area contributed by atoms with Crippen LogP contribution in [0.4, 0.5) is 0 Å². The number of unbranched alkanes of at least 4 members (excludes halogenated alkanes) is 55. The van der Waals surface area contributed by atoms with Crippen molar-refractivity contribution in [2.45, 2.75) is 451 Å². The molecule has 0 bridgehead atoms. The summed E-state index contributed by atoms with van der Waals surface area (Å²) < 4.78 is 68.6. The largest absolute Gasteiger partial charge is 0.472 e. The lowest BCUT2D eigenvalue weighted by Gasteiger charge is -2.21. The molecule has 0 radical (unpaired) electrons. The van der Waals surface area contributed by atoms with Gasteiger partial charge in [-0.05, 0) is 25.7 Å². The average Bonchev–Trinajstić information content (AvgIpc) is 1.07. The Bertz CT molecular complexity index is 1880. The number of rotatable bonds is 81. The van der Waals surface area contributed by atoms with Crippen LogP contribution in [0.3, 0.4) is 0 Å². The topological polar surface area (TPSA) is 237 Å². The lowest BCUT2D eigenvalue weighted by atomic mass is 10.0. The first-order chi connectivity index (χ1) is 48.2. The number of esters is 4. The van der Waals surface area contributed by atoms with Crippen LogP contribution in [0.1, 0.15) is 432 Å². The van der Waals surface area contributed by atoms with Crippen molar-refractivity contribution in [2.24, 2.45) is 0 Å². The zero-order valence-corrected chi connectivity index (χ0v) is 66.3. The molecular weight excluding hydrogens is 1290 g/mol. The van der Waals surface area contributed by atoms with E-state index in [0.717, 1.165) is 89.9 Å². The molecule has 0 saturated heterocycles. The molecule has 0 aliphatic rings. The van der Waals surface area contributed by atoms with Gasteiger partial charge in [-0.25, -0.2) is 9.13 Å². The van der Waals surface area contributed by atoms with Crippen LogP contribution >= 0.6 is 15.6 Å². The van der Waals surface area contributed by atoms with Gasteiger partial charge in [-0.2, -0.15) is 0 Å². The summed E-state index contributed by atoms with van der Waals surface area (Å²) in [6.45, 7) is 4.98. The van der Waals surface area contributed by atoms with E-state index < -0.39 is 97.5 Å². The maximum absolute atomic E-state index is 13.1. The first-order valence-corrected chi connectivity index (χ1v) is 44.8. The van der Waals surface area contributed by atoms with Gasteiger partial charge in [0.15, 0.2) is 12.2 Å². The van der Waals surface area contributed by atoms with Crippen molar-refractivity contribution in [3.63, 3.8) is 0 Å². The molecule has 17 nitrogen and oxygen atoms in total. The van der Waals surface area contributed by atoms with Crippen molar-refractivity contribution in [3.8, 4) is 0 Å². The number of ether oxygens (including phenoxy) is 4. The van der Waals surface area contributed by atoms with Crippen LogP contribution in [0.25, 0.3) is 0 Å². The third kappa shape index (κ3) is 74.1. The first kappa shape index (κ1) is 97.1. The molecule has 0 aromatic carbocycles. The third-order valence-electron chi connectivity index (χ3n) is 18.9. The highest BCUT2D eigenvalue weighted by molar-refractivity contribution is 7.47. The van der Waals surface area contributed by atoms with Crippen LogP contribution in [0.5, 0.6) is 0 Å². The van der Waals surface area contributed by atoms with Gasteiger partial charge < -0.3 is 33.8 Å². The molecule has 0 aliphatic carbocycles. The van der Waals surface area contributed by atoms with Crippen molar-refractivity contribution in [1.29, 1.82) is 0 Å². The molecule has 588 valence electrons. The Labute approximate surface area is 607 Å². The van der Waals surface area contributed by atoms with Gasteiger partial charge in [-0.3, -0.25) is 37.3 Å². The van der Waals surface area contributed by atoms with E-state index in [1.807, 2.05) is 0 Å². The molecule has 99 heavy (non-hydrogen) atoms. The zero-order chi connectivity index (χ0) is 72.5. The van der Waals surface area contributed by atoms with Crippen LogP contribution in [-0.2, 0) is 65.4 Å². The highest BCUT2D eigenvalue weighted by Gasteiger charge is 2.30. The summed E-state index contributed by atoms with van der Waals surface area (Å²) in [7, 11) is -9.91. The molecule has 3 N–H and O–H groups in total. The standard InChI is InChI=1S/C80H156O17P2/c1-5-9-13-17-21-25-28-31-33-35-36-37-38-39-41-43-45-48-51-55-59-63-67-80(85)97-76(71-91-78(83)65-61-57-53-49-47-44-42-40-34-32-29-26-22-18-14-10-6-2)73-95-99(88,89)93-69-74(81)68-92-98(86,87)94-72-75(70-90-77(82)64-60-56-52-24-20-16-12-8-4)96-79(84)66-62-58-54-50-46-30-27-23-19-15-11-7-3/h74-76,81H,5-73H2,1-4H3,(H,86,87)(H,88,89)/t74-,75+,76+/m0/s1. The minimum absolute atomic E-state index is 0.108. The predicted molar refractivity (Wildman–Crippen MR) is 405 cm³/mol. The number of aliphatic hydroxyl groups excluding tert-OH is 1. The Balaban J connectivity index is 5.17. The summed E-state index contributed by atoms with van der Waals surface area (Å²) in [5.41, 5.74) is 0. The summed E-state index contributed by atoms with van der Waals surface area (Å²) in [6, 6.07) is 0. The van der Waals surface area contributed by atoms with Crippen molar-refractivity contribution in [1.82, 2.24) is 0 Å². The van der Waals surface area contributed by atoms with E-state index in [-0.39, 0.29) is 25.7 Å². The van der Waals surface area contributed by atoms with Crippen molar-refractivity contribution in [3.05, 3.63) is 0 Å². The van der Waals surface area contributed by atoms with Gasteiger partial charge in [-0.1, -0.05) is 381 Å². The van der Waals surface area contributed by atoms with Gasteiger partial charge in [0.25, 0.3) is 0 Å². The van der Waals surface area contributed by atoms with Crippen LogP contribution in [0, 0.1) is 0 Å².